The minimum atomic E-state index is -0.156. The zero-order valence-electron chi connectivity index (χ0n) is 11.7. The highest BCUT2D eigenvalue weighted by molar-refractivity contribution is 5.29. The fraction of sp³-hybridized carbons (Fsp3) is 0.833. The molecule has 0 saturated carbocycles. The lowest BCUT2D eigenvalue weighted by Gasteiger charge is -2.30. The van der Waals surface area contributed by atoms with E-state index in [0.29, 0.717) is 12.6 Å². The zero-order valence-corrected chi connectivity index (χ0v) is 11.7. The second kappa shape index (κ2) is 5.24. The Morgan fingerprint density at radius 3 is 2.89 bits per heavy atom. The second-order valence-electron chi connectivity index (χ2n) is 5.78. The van der Waals surface area contributed by atoms with Gasteiger partial charge in [0, 0.05) is 25.7 Å². The van der Waals surface area contributed by atoms with Crippen molar-refractivity contribution in [3.63, 3.8) is 0 Å². The maximum absolute atomic E-state index is 5.67. The normalized spacial score (nSPS) is 21.3. The molecule has 0 radical (unpaired) electrons. The molecule has 0 spiro atoms. The van der Waals surface area contributed by atoms with Crippen LogP contribution in [0.3, 0.4) is 0 Å². The SMILES string of the molecule is CC1CN(c2n[nH]c(COC(C)(C)C)n2)CCN1. The number of rotatable bonds is 3. The van der Waals surface area contributed by atoms with Crippen molar-refractivity contribution < 1.29 is 4.74 Å². The first-order chi connectivity index (χ1) is 8.44. The Morgan fingerprint density at radius 1 is 1.44 bits per heavy atom. The van der Waals surface area contributed by atoms with E-state index in [2.05, 4.69) is 32.3 Å². The summed E-state index contributed by atoms with van der Waals surface area (Å²) >= 11 is 0. The average molecular weight is 253 g/mol. The summed E-state index contributed by atoms with van der Waals surface area (Å²) in [5, 5.41) is 10.6. The third-order valence-electron chi connectivity index (χ3n) is 2.81. The summed E-state index contributed by atoms with van der Waals surface area (Å²) < 4.78 is 5.67. The van der Waals surface area contributed by atoms with Gasteiger partial charge in [0.1, 0.15) is 6.61 Å². The van der Waals surface area contributed by atoms with Crippen LogP contribution in [0.4, 0.5) is 5.95 Å². The number of aromatic amines is 1. The van der Waals surface area contributed by atoms with Crippen molar-refractivity contribution >= 4 is 5.95 Å². The maximum atomic E-state index is 5.67. The lowest BCUT2D eigenvalue weighted by atomic mass is 10.2. The van der Waals surface area contributed by atoms with Gasteiger partial charge in [-0.15, -0.1) is 5.10 Å². The Kier molecular flexibility index (Phi) is 3.87. The highest BCUT2D eigenvalue weighted by Gasteiger charge is 2.19. The summed E-state index contributed by atoms with van der Waals surface area (Å²) in [6.45, 7) is 11.6. The van der Waals surface area contributed by atoms with Crippen molar-refractivity contribution in [1.29, 1.82) is 0 Å². The Bertz CT molecular complexity index is 384. The van der Waals surface area contributed by atoms with Crippen molar-refractivity contribution in [3.05, 3.63) is 5.82 Å². The molecule has 0 aromatic carbocycles. The number of aromatic nitrogens is 3. The van der Waals surface area contributed by atoms with Gasteiger partial charge in [-0.25, -0.2) is 0 Å². The first kappa shape index (κ1) is 13.3. The predicted molar refractivity (Wildman–Crippen MR) is 70.6 cm³/mol. The van der Waals surface area contributed by atoms with Crippen LogP contribution in [0.1, 0.15) is 33.5 Å². The van der Waals surface area contributed by atoms with Crippen LogP contribution < -0.4 is 10.2 Å². The van der Waals surface area contributed by atoms with Gasteiger partial charge in [0.2, 0.25) is 5.95 Å². The first-order valence-corrected chi connectivity index (χ1v) is 6.47. The standard InChI is InChI=1S/C12H23N5O/c1-9-7-17(6-5-13-9)11-14-10(15-16-11)8-18-12(2,3)4/h9,13H,5-8H2,1-4H3,(H,14,15,16). The number of piperazine rings is 1. The van der Waals surface area contributed by atoms with E-state index in [9.17, 15) is 0 Å². The van der Waals surface area contributed by atoms with Crippen LogP contribution in [0.25, 0.3) is 0 Å². The summed E-state index contributed by atoms with van der Waals surface area (Å²) in [7, 11) is 0. The smallest absolute Gasteiger partial charge is 0.244 e. The molecule has 0 aliphatic carbocycles. The van der Waals surface area contributed by atoms with E-state index in [0.717, 1.165) is 31.4 Å². The molecule has 1 fully saturated rings. The fourth-order valence-electron chi connectivity index (χ4n) is 1.89. The lowest BCUT2D eigenvalue weighted by Crippen LogP contribution is -2.49. The molecule has 0 amide bonds. The van der Waals surface area contributed by atoms with E-state index < -0.39 is 0 Å². The van der Waals surface area contributed by atoms with E-state index in [1.54, 1.807) is 0 Å². The average Bonchev–Trinajstić information content (AvgIpc) is 2.74. The Morgan fingerprint density at radius 2 is 2.22 bits per heavy atom. The van der Waals surface area contributed by atoms with E-state index in [1.165, 1.54) is 0 Å². The van der Waals surface area contributed by atoms with Crippen molar-refractivity contribution in [2.75, 3.05) is 24.5 Å². The minimum Gasteiger partial charge on any atom is -0.368 e. The molecular weight excluding hydrogens is 230 g/mol. The second-order valence-corrected chi connectivity index (χ2v) is 5.78. The van der Waals surface area contributed by atoms with Gasteiger partial charge in [0.15, 0.2) is 5.82 Å². The fourth-order valence-corrected chi connectivity index (χ4v) is 1.89. The number of anilines is 1. The monoisotopic (exact) mass is 253 g/mol. The molecule has 1 aliphatic rings. The van der Waals surface area contributed by atoms with Crippen molar-refractivity contribution in [2.24, 2.45) is 0 Å². The molecule has 2 rings (SSSR count). The molecule has 18 heavy (non-hydrogen) atoms. The lowest BCUT2D eigenvalue weighted by molar-refractivity contribution is -0.0179. The van der Waals surface area contributed by atoms with Crippen molar-refractivity contribution in [3.8, 4) is 0 Å². The molecule has 1 aromatic rings. The minimum absolute atomic E-state index is 0.156. The third-order valence-corrected chi connectivity index (χ3v) is 2.81. The number of ether oxygens (including phenoxy) is 1. The summed E-state index contributed by atoms with van der Waals surface area (Å²) in [6.07, 6.45) is 0. The third kappa shape index (κ3) is 3.68. The quantitative estimate of drug-likeness (QED) is 0.838. The van der Waals surface area contributed by atoms with Gasteiger partial charge in [-0.3, -0.25) is 5.10 Å². The number of nitrogens with zero attached hydrogens (tertiary/aromatic N) is 3. The molecule has 1 aromatic heterocycles. The molecule has 1 aliphatic heterocycles. The molecule has 1 saturated heterocycles. The molecule has 102 valence electrons. The Balaban J connectivity index is 1.93. The van der Waals surface area contributed by atoms with Gasteiger partial charge in [-0.2, -0.15) is 4.98 Å². The molecule has 6 nitrogen and oxygen atoms in total. The summed E-state index contributed by atoms with van der Waals surface area (Å²) in [5.41, 5.74) is -0.156. The summed E-state index contributed by atoms with van der Waals surface area (Å²) in [5.74, 6) is 1.56. The molecule has 2 N–H and O–H groups in total. The van der Waals surface area contributed by atoms with Crippen LogP contribution in [-0.4, -0.2) is 46.5 Å². The number of hydrogen-bond donors (Lipinski definition) is 2. The molecule has 6 heteroatoms. The van der Waals surface area contributed by atoms with Crippen LogP contribution >= 0.6 is 0 Å². The predicted octanol–water partition coefficient (Wildman–Crippen LogP) is 0.918. The molecule has 1 atom stereocenters. The first-order valence-electron chi connectivity index (χ1n) is 6.47. The number of hydrogen-bond acceptors (Lipinski definition) is 5. The number of nitrogens with one attached hydrogen (secondary N) is 2. The van der Waals surface area contributed by atoms with Gasteiger partial charge in [-0.05, 0) is 27.7 Å². The maximum Gasteiger partial charge on any atom is 0.244 e. The van der Waals surface area contributed by atoms with Crippen LogP contribution in [0.2, 0.25) is 0 Å². The molecule has 0 bridgehead atoms. The van der Waals surface area contributed by atoms with Gasteiger partial charge < -0.3 is 15.0 Å². The van der Waals surface area contributed by atoms with Crippen molar-refractivity contribution in [2.45, 2.75) is 45.9 Å². The zero-order chi connectivity index (χ0) is 13.2. The van der Waals surface area contributed by atoms with Crippen LogP contribution in [0.5, 0.6) is 0 Å². The summed E-state index contributed by atoms with van der Waals surface area (Å²) in [6, 6.07) is 0.478. The highest BCUT2D eigenvalue weighted by Crippen LogP contribution is 2.13. The van der Waals surface area contributed by atoms with Crippen LogP contribution in [0, 0.1) is 0 Å². The van der Waals surface area contributed by atoms with E-state index >= 15 is 0 Å². The largest absolute Gasteiger partial charge is 0.368 e. The van der Waals surface area contributed by atoms with Gasteiger partial charge in [0.25, 0.3) is 0 Å². The van der Waals surface area contributed by atoms with E-state index in [4.69, 9.17) is 4.74 Å². The molecular formula is C12H23N5O. The topological polar surface area (TPSA) is 66.1 Å². The summed E-state index contributed by atoms with van der Waals surface area (Å²) in [4.78, 5) is 6.67. The van der Waals surface area contributed by atoms with Gasteiger partial charge in [0.05, 0.1) is 5.60 Å². The Hall–Kier alpha value is -1.14. The van der Waals surface area contributed by atoms with Gasteiger partial charge >= 0.3 is 0 Å². The molecule has 2 heterocycles. The van der Waals surface area contributed by atoms with Crippen molar-refractivity contribution in [1.82, 2.24) is 20.5 Å². The molecule has 1 unspecified atom stereocenters. The number of H-pyrrole nitrogens is 1. The highest BCUT2D eigenvalue weighted by atomic mass is 16.5. The van der Waals surface area contributed by atoms with Crippen LogP contribution in [-0.2, 0) is 11.3 Å². The van der Waals surface area contributed by atoms with E-state index in [1.807, 2.05) is 20.8 Å². The van der Waals surface area contributed by atoms with Gasteiger partial charge in [-0.1, -0.05) is 0 Å². The van der Waals surface area contributed by atoms with Crippen LogP contribution in [0.15, 0.2) is 0 Å². The van der Waals surface area contributed by atoms with E-state index in [-0.39, 0.29) is 5.60 Å². The Labute approximate surface area is 108 Å².